The van der Waals surface area contributed by atoms with Gasteiger partial charge in [0.05, 0.1) is 0 Å². The molecule has 0 radical (unpaired) electrons. The van der Waals surface area contributed by atoms with Crippen LogP contribution in [0.2, 0.25) is 0 Å². The van der Waals surface area contributed by atoms with Crippen molar-refractivity contribution in [2.24, 2.45) is 4.40 Å². The van der Waals surface area contributed by atoms with Gasteiger partial charge < -0.3 is 4.18 Å². The van der Waals surface area contributed by atoms with E-state index >= 15 is 0 Å². The zero-order chi connectivity index (χ0) is 10.3. The highest BCUT2D eigenvalue weighted by atomic mass is 35.5. The van der Waals surface area contributed by atoms with Gasteiger partial charge >= 0.3 is 20.7 Å². The normalized spacial score (nSPS) is 25.0. The lowest BCUT2D eigenvalue weighted by molar-refractivity contribution is 0.373. The number of hydrogen-bond donors (Lipinski definition) is 0. The van der Waals surface area contributed by atoms with Gasteiger partial charge in [-0.2, -0.15) is 16.8 Å². The first-order chi connectivity index (χ1) is 5.72. The molecule has 0 atom stereocenters. The Hall–Kier alpha value is -0.0900. The van der Waals surface area contributed by atoms with Crippen molar-refractivity contribution in [3.63, 3.8) is 0 Å². The lowest BCUT2D eigenvalue weighted by Gasteiger charge is -2.12. The highest BCUT2D eigenvalue weighted by Gasteiger charge is 2.35. The fourth-order valence-electron chi connectivity index (χ4n) is 0.441. The summed E-state index contributed by atoms with van der Waals surface area (Å²) in [7, 11) is -9.25. The molecule has 0 N–H and O–H groups in total. The molecule has 0 aliphatic carbocycles. The van der Waals surface area contributed by atoms with Crippen molar-refractivity contribution in [1.82, 2.24) is 0 Å². The van der Waals surface area contributed by atoms with E-state index in [1.165, 1.54) is 0 Å². The second kappa shape index (κ2) is 3.24. The van der Waals surface area contributed by atoms with Crippen LogP contribution in [0.5, 0.6) is 0 Å². The molecule has 0 saturated carbocycles. The molecule has 13 heavy (non-hydrogen) atoms. The molecule has 0 aromatic heterocycles. The smallest absolute Gasteiger partial charge is 0.341 e. The molecule has 0 fully saturated rings. The van der Waals surface area contributed by atoms with E-state index in [0.717, 1.165) is 0 Å². The van der Waals surface area contributed by atoms with Gasteiger partial charge in [-0.1, -0.05) is 26.8 Å². The summed E-state index contributed by atoms with van der Waals surface area (Å²) in [5, 5.41) is 0. The van der Waals surface area contributed by atoms with Crippen LogP contribution in [0.25, 0.3) is 0 Å². The Balaban J connectivity index is 3.23. The Kier molecular flexibility index (Phi) is 2.74. The average Bonchev–Trinajstić information content (AvgIpc) is 1.79. The van der Waals surface area contributed by atoms with Gasteiger partial charge in [0.1, 0.15) is 0 Å². The molecular weight excluding hydrogens is 269 g/mol. The summed E-state index contributed by atoms with van der Waals surface area (Å²) in [5.41, 5.74) is 0. The van der Waals surface area contributed by atoms with Crippen molar-refractivity contribution in [3.8, 4) is 0 Å². The maximum atomic E-state index is 10.6. The maximum absolute atomic E-state index is 10.6. The highest BCUT2D eigenvalue weighted by molar-refractivity contribution is 7.98. The van der Waals surface area contributed by atoms with Crippen LogP contribution in [0.3, 0.4) is 0 Å². The van der Waals surface area contributed by atoms with Crippen molar-refractivity contribution in [1.29, 1.82) is 0 Å². The third-order valence-corrected chi connectivity index (χ3v) is 3.25. The summed E-state index contributed by atoms with van der Waals surface area (Å²) in [5.74, 6) is -0.866. The maximum Gasteiger partial charge on any atom is 0.466 e. The zero-order valence-electron chi connectivity index (χ0n) is 5.55. The molecule has 1 aliphatic heterocycles. The van der Waals surface area contributed by atoms with Gasteiger partial charge in [0.25, 0.3) is 5.90 Å². The zero-order valence-corrected chi connectivity index (χ0v) is 8.69. The molecule has 0 amide bonds. The fourth-order valence-corrected chi connectivity index (χ4v) is 2.68. The summed E-state index contributed by atoms with van der Waals surface area (Å²) >= 11 is 10.3. The lowest BCUT2D eigenvalue weighted by Crippen LogP contribution is -2.28. The van der Waals surface area contributed by atoms with Crippen LogP contribution in [-0.2, 0) is 28.5 Å². The van der Waals surface area contributed by atoms with E-state index in [9.17, 15) is 16.8 Å². The number of rotatable bonds is 1. The first-order valence-corrected chi connectivity index (χ1v) is 6.07. The predicted octanol–water partition coefficient (Wildman–Crippen LogP) is -0.275. The quantitative estimate of drug-likeness (QED) is 0.608. The van der Waals surface area contributed by atoms with E-state index in [2.05, 4.69) is 12.2 Å². The predicted molar refractivity (Wildman–Crippen MR) is 42.9 cm³/mol. The minimum atomic E-state index is -4.67. The van der Waals surface area contributed by atoms with Crippen LogP contribution in [0.15, 0.2) is 4.40 Å². The Labute approximate surface area is 83.8 Å². The van der Waals surface area contributed by atoms with Crippen molar-refractivity contribution >= 4 is 49.8 Å². The first kappa shape index (κ1) is 11.0. The van der Waals surface area contributed by atoms with Crippen LogP contribution < -0.4 is 0 Å². The summed E-state index contributed by atoms with van der Waals surface area (Å²) in [6.45, 7) is 0. The SMILES string of the molecule is O=S1(=O)N=C(C(Cl)Cl)OS(=O)(=O)O1. The van der Waals surface area contributed by atoms with E-state index < -0.39 is 31.4 Å². The molecule has 0 aromatic rings. The van der Waals surface area contributed by atoms with Crippen LogP contribution >= 0.6 is 23.2 Å². The number of hydrogen-bond acceptors (Lipinski definition) is 6. The van der Waals surface area contributed by atoms with Crippen molar-refractivity contribution in [2.75, 3.05) is 0 Å². The highest BCUT2D eigenvalue weighted by Crippen LogP contribution is 2.18. The van der Waals surface area contributed by atoms with Crippen LogP contribution in [0.1, 0.15) is 0 Å². The first-order valence-electron chi connectivity index (χ1n) is 2.50. The van der Waals surface area contributed by atoms with E-state index in [-0.39, 0.29) is 0 Å². The van der Waals surface area contributed by atoms with E-state index in [4.69, 9.17) is 23.2 Å². The molecule has 0 spiro atoms. The van der Waals surface area contributed by atoms with Gasteiger partial charge in [-0.15, -0.1) is 4.40 Å². The van der Waals surface area contributed by atoms with Gasteiger partial charge in [-0.3, -0.25) is 0 Å². The van der Waals surface area contributed by atoms with Gasteiger partial charge in [0.15, 0.2) is 4.84 Å². The second-order valence-corrected chi connectivity index (χ2v) is 5.38. The van der Waals surface area contributed by atoms with Crippen molar-refractivity contribution in [3.05, 3.63) is 0 Å². The molecule has 0 aromatic carbocycles. The molecule has 1 heterocycles. The second-order valence-electron chi connectivity index (χ2n) is 1.72. The van der Waals surface area contributed by atoms with E-state index in [1.54, 1.807) is 0 Å². The van der Waals surface area contributed by atoms with Crippen molar-refractivity contribution in [2.45, 2.75) is 4.84 Å². The van der Waals surface area contributed by atoms with Crippen LogP contribution in [-0.4, -0.2) is 27.6 Å². The number of nitrogens with zero attached hydrogens (tertiary/aromatic N) is 1. The number of halogens is 2. The standard InChI is InChI=1S/C2HCl2NO6S2/c3-1(4)2-5-12(6,7)11-13(8,9)10-2/h1H. The molecular formula is C2HCl2NO6S2. The minimum absolute atomic E-state index is 0.866. The Morgan fingerprint density at radius 2 is 1.77 bits per heavy atom. The molecule has 7 nitrogen and oxygen atoms in total. The largest absolute Gasteiger partial charge is 0.466 e. The molecule has 0 saturated heterocycles. The molecule has 1 rings (SSSR count). The lowest BCUT2D eigenvalue weighted by atomic mass is 10.8. The molecule has 76 valence electrons. The topological polar surface area (TPSA) is 99.1 Å². The van der Waals surface area contributed by atoms with E-state index in [1.807, 2.05) is 0 Å². The summed E-state index contributed by atoms with van der Waals surface area (Å²) in [6, 6.07) is 0. The third-order valence-electron chi connectivity index (χ3n) is 0.745. The van der Waals surface area contributed by atoms with Crippen LogP contribution in [0, 0.1) is 0 Å². The molecule has 0 bridgehead atoms. The van der Waals surface area contributed by atoms with E-state index in [0.29, 0.717) is 0 Å². The Morgan fingerprint density at radius 3 is 2.15 bits per heavy atom. The Bertz CT molecular complexity index is 433. The molecule has 11 heteroatoms. The summed E-state index contributed by atoms with van der Waals surface area (Å²) in [6.07, 6.45) is 0. The average molecular weight is 270 g/mol. The van der Waals surface area contributed by atoms with Crippen LogP contribution in [0.4, 0.5) is 0 Å². The minimum Gasteiger partial charge on any atom is -0.341 e. The van der Waals surface area contributed by atoms with Gasteiger partial charge in [0.2, 0.25) is 0 Å². The summed E-state index contributed by atoms with van der Waals surface area (Å²) in [4.78, 5) is -1.51. The molecule has 1 aliphatic rings. The van der Waals surface area contributed by atoms with Crippen molar-refractivity contribution < 1.29 is 24.6 Å². The monoisotopic (exact) mass is 269 g/mol. The van der Waals surface area contributed by atoms with Gasteiger partial charge in [0, 0.05) is 0 Å². The van der Waals surface area contributed by atoms with Gasteiger partial charge in [-0.25, -0.2) is 0 Å². The Morgan fingerprint density at radius 1 is 1.23 bits per heavy atom. The summed E-state index contributed by atoms with van der Waals surface area (Å²) < 4.78 is 52.4. The van der Waals surface area contributed by atoms with Gasteiger partial charge in [-0.05, 0) is 0 Å². The molecule has 0 unspecified atom stereocenters. The third kappa shape index (κ3) is 2.95. The fraction of sp³-hybridized carbons (Fsp3) is 0.500. The number of alkyl halides is 2.